The molecule has 22 heavy (non-hydrogen) atoms. The fourth-order valence-electron chi connectivity index (χ4n) is 3.07. The standard InChI is InChI=1S/C15H18N4O3/c1-15(7-3-4-8-15)10-16-13-12(19(21)22)14(20)18-9-5-2-6-11(18)17-13/h2,5-6,9,16H,3-4,7-8,10H2,1H3. The van der Waals surface area contributed by atoms with E-state index in [0.29, 0.717) is 12.2 Å². The number of nitrogens with one attached hydrogen (secondary N) is 1. The summed E-state index contributed by atoms with van der Waals surface area (Å²) in [7, 11) is 0. The molecule has 1 aliphatic rings. The molecule has 2 aromatic rings. The zero-order valence-corrected chi connectivity index (χ0v) is 12.4. The van der Waals surface area contributed by atoms with E-state index in [4.69, 9.17) is 0 Å². The maximum absolute atomic E-state index is 12.3. The van der Waals surface area contributed by atoms with Crippen LogP contribution in [0.25, 0.3) is 5.65 Å². The minimum absolute atomic E-state index is 0.0642. The van der Waals surface area contributed by atoms with Crippen molar-refractivity contribution in [3.63, 3.8) is 0 Å². The van der Waals surface area contributed by atoms with Gasteiger partial charge in [-0.15, -0.1) is 0 Å². The van der Waals surface area contributed by atoms with Gasteiger partial charge >= 0.3 is 11.2 Å². The van der Waals surface area contributed by atoms with Gasteiger partial charge in [0.1, 0.15) is 5.65 Å². The van der Waals surface area contributed by atoms with Gasteiger partial charge < -0.3 is 5.32 Å². The van der Waals surface area contributed by atoms with Crippen molar-refractivity contribution in [1.29, 1.82) is 0 Å². The number of pyridine rings is 1. The molecule has 0 radical (unpaired) electrons. The maximum Gasteiger partial charge on any atom is 0.376 e. The van der Waals surface area contributed by atoms with Gasteiger partial charge in [0, 0.05) is 12.7 Å². The fraction of sp³-hybridized carbons (Fsp3) is 0.467. The molecule has 7 nitrogen and oxygen atoms in total. The molecule has 0 bridgehead atoms. The van der Waals surface area contributed by atoms with Crippen molar-refractivity contribution in [2.45, 2.75) is 32.6 Å². The van der Waals surface area contributed by atoms with E-state index in [2.05, 4.69) is 17.2 Å². The minimum atomic E-state index is -0.659. The summed E-state index contributed by atoms with van der Waals surface area (Å²) in [5.41, 5.74) is -0.644. The average molecular weight is 302 g/mol. The van der Waals surface area contributed by atoms with Crippen molar-refractivity contribution in [3.8, 4) is 0 Å². The molecule has 0 atom stereocenters. The Balaban J connectivity index is 2.02. The monoisotopic (exact) mass is 302 g/mol. The number of fused-ring (bicyclic) bond motifs is 1. The van der Waals surface area contributed by atoms with Crippen LogP contribution in [0, 0.1) is 15.5 Å². The molecule has 0 spiro atoms. The number of anilines is 1. The molecule has 1 N–H and O–H groups in total. The lowest BCUT2D eigenvalue weighted by Crippen LogP contribution is -2.26. The Bertz CT molecular complexity index is 778. The molecule has 7 heteroatoms. The Kier molecular flexibility index (Phi) is 3.56. The quantitative estimate of drug-likeness (QED) is 0.692. The van der Waals surface area contributed by atoms with Gasteiger partial charge in [0.05, 0.1) is 4.92 Å². The molecule has 0 amide bonds. The summed E-state index contributed by atoms with van der Waals surface area (Å²) in [6.45, 7) is 2.75. The smallest absolute Gasteiger partial charge is 0.364 e. The van der Waals surface area contributed by atoms with E-state index in [0.717, 1.165) is 12.8 Å². The number of aromatic nitrogens is 2. The normalized spacial score (nSPS) is 16.8. The summed E-state index contributed by atoms with van der Waals surface area (Å²) < 4.78 is 1.20. The summed E-state index contributed by atoms with van der Waals surface area (Å²) in [4.78, 5) is 27.2. The van der Waals surface area contributed by atoms with Crippen LogP contribution in [-0.4, -0.2) is 20.9 Å². The molecule has 1 fully saturated rings. The topological polar surface area (TPSA) is 89.5 Å². The Hall–Kier alpha value is -2.44. The van der Waals surface area contributed by atoms with Gasteiger partial charge in [-0.3, -0.25) is 19.3 Å². The number of nitro groups is 1. The van der Waals surface area contributed by atoms with E-state index < -0.39 is 16.2 Å². The molecule has 1 saturated carbocycles. The third-order valence-electron chi connectivity index (χ3n) is 4.39. The SMILES string of the molecule is CC1(CNc2nc3ccccn3c(=O)c2[N+](=O)[O-])CCCC1. The van der Waals surface area contributed by atoms with Crippen LogP contribution in [0.15, 0.2) is 29.2 Å². The molecule has 1 aliphatic carbocycles. The van der Waals surface area contributed by atoms with Crippen molar-refractivity contribution < 1.29 is 4.92 Å². The van der Waals surface area contributed by atoms with Crippen LogP contribution in [0.4, 0.5) is 11.5 Å². The van der Waals surface area contributed by atoms with E-state index in [1.54, 1.807) is 18.2 Å². The second-order valence-corrected chi connectivity index (χ2v) is 6.17. The molecule has 3 rings (SSSR count). The maximum atomic E-state index is 12.3. The highest BCUT2D eigenvalue weighted by Crippen LogP contribution is 2.37. The summed E-state index contributed by atoms with van der Waals surface area (Å²) in [6.07, 6.45) is 6.00. The van der Waals surface area contributed by atoms with Crippen LogP contribution in [0.5, 0.6) is 0 Å². The Morgan fingerprint density at radius 2 is 2.14 bits per heavy atom. The molecular weight excluding hydrogens is 284 g/mol. The van der Waals surface area contributed by atoms with E-state index in [1.165, 1.54) is 23.4 Å². The Morgan fingerprint density at radius 1 is 1.41 bits per heavy atom. The van der Waals surface area contributed by atoms with Gasteiger partial charge in [0.25, 0.3) is 0 Å². The second-order valence-electron chi connectivity index (χ2n) is 6.17. The van der Waals surface area contributed by atoms with Crippen molar-refractivity contribution >= 4 is 17.2 Å². The van der Waals surface area contributed by atoms with E-state index in [1.807, 2.05) is 0 Å². The van der Waals surface area contributed by atoms with Crippen molar-refractivity contribution in [2.75, 3.05) is 11.9 Å². The number of nitrogens with zero attached hydrogens (tertiary/aromatic N) is 3. The van der Waals surface area contributed by atoms with Crippen LogP contribution in [0.3, 0.4) is 0 Å². The van der Waals surface area contributed by atoms with Crippen molar-refractivity contribution in [1.82, 2.24) is 9.38 Å². The van der Waals surface area contributed by atoms with Gasteiger partial charge in [0.15, 0.2) is 0 Å². The van der Waals surface area contributed by atoms with Crippen LogP contribution in [0.2, 0.25) is 0 Å². The molecule has 0 unspecified atom stereocenters. The Labute approximate surface area is 127 Å². The van der Waals surface area contributed by atoms with E-state index in [9.17, 15) is 14.9 Å². The lowest BCUT2D eigenvalue weighted by atomic mass is 9.89. The lowest BCUT2D eigenvalue weighted by Gasteiger charge is -2.23. The minimum Gasteiger partial charge on any atom is -0.364 e. The predicted octanol–water partition coefficient (Wildman–Crippen LogP) is 2.59. The molecule has 0 aromatic carbocycles. The lowest BCUT2D eigenvalue weighted by molar-refractivity contribution is -0.385. The van der Waals surface area contributed by atoms with Crippen molar-refractivity contribution in [2.24, 2.45) is 5.41 Å². The van der Waals surface area contributed by atoms with Gasteiger partial charge in [0.2, 0.25) is 5.82 Å². The van der Waals surface area contributed by atoms with Crippen LogP contribution < -0.4 is 10.9 Å². The number of hydrogen-bond donors (Lipinski definition) is 1. The first-order chi connectivity index (χ1) is 10.5. The third kappa shape index (κ3) is 2.54. The van der Waals surface area contributed by atoms with Crippen LogP contribution in [0.1, 0.15) is 32.6 Å². The predicted molar refractivity (Wildman–Crippen MR) is 83.2 cm³/mol. The molecule has 116 valence electrons. The molecule has 2 aromatic heterocycles. The van der Waals surface area contributed by atoms with Gasteiger partial charge in [-0.1, -0.05) is 25.8 Å². The first-order valence-electron chi connectivity index (χ1n) is 7.40. The van der Waals surface area contributed by atoms with Gasteiger partial charge in [-0.2, -0.15) is 0 Å². The highest BCUT2D eigenvalue weighted by atomic mass is 16.6. The number of hydrogen-bond acceptors (Lipinski definition) is 5. The number of rotatable bonds is 4. The largest absolute Gasteiger partial charge is 0.376 e. The molecular formula is C15H18N4O3. The highest BCUT2D eigenvalue weighted by molar-refractivity contribution is 5.59. The Morgan fingerprint density at radius 3 is 2.82 bits per heavy atom. The van der Waals surface area contributed by atoms with Crippen LogP contribution in [-0.2, 0) is 0 Å². The first-order valence-corrected chi connectivity index (χ1v) is 7.40. The summed E-state index contributed by atoms with van der Waals surface area (Å²) in [5, 5.41) is 14.3. The third-order valence-corrected chi connectivity index (χ3v) is 4.39. The zero-order valence-electron chi connectivity index (χ0n) is 12.4. The average Bonchev–Trinajstić information content (AvgIpc) is 2.92. The summed E-state index contributed by atoms with van der Waals surface area (Å²) in [5.74, 6) is 0.0642. The summed E-state index contributed by atoms with van der Waals surface area (Å²) >= 11 is 0. The molecule has 0 aliphatic heterocycles. The van der Waals surface area contributed by atoms with Crippen LogP contribution >= 0.6 is 0 Å². The first kappa shape index (κ1) is 14.5. The van der Waals surface area contributed by atoms with E-state index >= 15 is 0 Å². The van der Waals surface area contributed by atoms with Crippen molar-refractivity contribution in [3.05, 3.63) is 44.9 Å². The second kappa shape index (κ2) is 5.40. The molecule has 0 saturated heterocycles. The summed E-state index contributed by atoms with van der Waals surface area (Å²) in [6, 6.07) is 5.05. The fourth-order valence-corrected chi connectivity index (χ4v) is 3.07. The highest BCUT2D eigenvalue weighted by Gasteiger charge is 2.30. The zero-order chi connectivity index (χ0) is 15.7. The van der Waals surface area contributed by atoms with Gasteiger partial charge in [-0.05, 0) is 30.4 Å². The molecule has 2 heterocycles. The van der Waals surface area contributed by atoms with E-state index in [-0.39, 0.29) is 11.2 Å². The van der Waals surface area contributed by atoms with Gasteiger partial charge in [-0.25, -0.2) is 4.98 Å².